The number of hydrogen-bond acceptors (Lipinski definition) is 4. The van der Waals surface area contributed by atoms with Crippen LogP contribution in [0.25, 0.3) is 10.2 Å². The molecule has 136 valence electrons. The van der Waals surface area contributed by atoms with Crippen molar-refractivity contribution in [2.45, 2.75) is 64.0 Å². The summed E-state index contributed by atoms with van der Waals surface area (Å²) in [5.74, 6) is -0.571. The highest BCUT2D eigenvalue weighted by Crippen LogP contribution is 2.25. The molecule has 1 atom stereocenters. The Balaban J connectivity index is 1.69. The molecule has 1 aliphatic rings. The van der Waals surface area contributed by atoms with E-state index < -0.39 is 12.1 Å². The van der Waals surface area contributed by atoms with Gasteiger partial charge in [0.1, 0.15) is 5.69 Å². The summed E-state index contributed by atoms with van der Waals surface area (Å²) in [6.07, 6.45) is 6.04. The van der Waals surface area contributed by atoms with Gasteiger partial charge in [-0.1, -0.05) is 26.2 Å². The van der Waals surface area contributed by atoms with Crippen LogP contribution in [0.3, 0.4) is 0 Å². The number of rotatable bonds is 7. The largest absolute Gasteiger partial charge is 0.448 e. The molecule has 1 N–H and O–H groups in total. The first-order chi connectivity index (χ1) is 12.1. The predicted molar refractivity (Wildman–Crippen MR) is 99.9 cm³/mol. The number of ether oxygens (including phenoxy) is 1. The van der Waals surface area contributed by atoms with Crippen molar-refractivity contribution in [2.24, 2.45) is 7.05 Å². The fourth-order valence-corrected chi connectivity index (χ4v) is 4.28. The van der Waals surface area contributed by atoms with Crippen molar-refractivity contribution in [2.75, 3.05) is 0 Å². The second-order valence-corrected chi connectivity index (χ2v) is 7.73. The van der Waals surface area contributed by atoms with Gasteiger partial charge in [0.05, 0.1) is 10.2 Å². The molecular weight excluding hydrogens is 336 g/mol. The quantitative estimate of drug-likeness (QED) is 0.757. The summed E-state index contributed by atoms with van der Waals surface area (Å²) in [6, 6.07) is 4.06. The molecule has 1 saturated carbocycles. The van der Waals surface area contributed by atoms with Gasteiger partial charge in [-0.3, -0.25) is 4.79 Å². The average Bonchev–Trinajstić information content (AvgIpc) is 3.31. The van der Waals surface area contributed by atoms with Gasteiger partial charge in [0.25, 0.3) is 5.91 Å². The fraction of sp³-hybridized carbons (Fsp3) is 0.579. The lowest BCUT2D eigenvalue weighted by Gasteiger charge is -2.20. The van der Waals surface area contributed by atoms with Gasteiger partial charge in [-0.15, -0.1) is 11.3 Å². The van der Waals surface area contributed by atoms with Crippen LogP contribution in [0.15, 0.2) is 17.5 Å². The molecule has 6 heteroatoms. The van der Waals surface area contributed by atoms with Gasteiger partial charge < -0.3 is 14.6 Å². The summed E-state index contributed by atoms with van der Waals surface area (Å²) >= 11 is 1.59. The minimum Gasteiger partial charge on any atom is -0.448 e. The van der Waals surface area contributed by atoms with Crippen LogP contribution in [0.1, 0.15) is 62.4 Å². The molecule has 5 nitrogen and oxygen atoms in total. The van der Waals surface area contributed by atoms with Gasteiger partial charge in [-0.05, 0) is 43.2 Å². The highest BCUT2D eigenvalue weighted by molar-refractivity contribution is 7.17. The van der Waals surface area contributed by atoms with Gasteiger partial charge in [0, 0.05) is 13.1 Å². The molecule has 2 heterocycles. The minimum absolute atomic E-state index is 0.148. The van der Waals surface area contributed by atoms with Crippen LogP contribution in [-0.4, -0.2) is 28.6 Å². The lowest BCUT2D eigenvalue weighted by Crippen LogP contribution is -2.42. The molecule has 1 amide bonds. The molecule has 0 spiro atoms. The Morgan fingerprint density at radius 3 is 2.84 bits per heavy atom. The van der Waals surface area contributed by atoms with E-state index >= 15 is 0 Å². The molecular formula is C19H26N2O3S. The fourth-order valence-electron chi connectivity index (χ4n) is 3.43. The Kier molecular flexibility index (Phi) is 5.78. The van der Waals surface area contributed by atoms with E-state index in [1.807, 2.05) is 29.1 Å². The lowest BCUT2D eigenvalue weighted by atomic mass is 10.1. The molecule has 1 fully saturated rings. The molecule has 0 bridgehead atoms. The normalized spacial score (nSPS) is 16.2. The number of esters is 1. The summed E-state index contributed by atoms with van der Waals surface area (Å²) < 4.78 is 8.51. The van der Waals surface area contributed by atoms with Crippen molar-refractivity contribution in [3.63, 3.8) is 0 Å². The molecule has 25 heavy (non-hydrogen) atoms. The van der Waals surface area contributed by atoms with Crippen molar-refractivity contribution < 1.29 is 14.3 Å². The van der Waals surface area contributed by atoms with Gasteiger partial charge in [-0.25, -0.2) is 4.79 Å². The molecule has 0 radical (unpaired) electrons. The zero-order valence-corrected chi connectivity index (χ0v) is 15.7. The van der Waals surface area contributed by atoms with Crippen molar-refractivity contribution in [3.05, 3.63) is 23.2 Å². The first-order valence-electron chi connectivity index (χ1n) is 9.14. The average molecular weight is 362 g/mol. The van der Waals surface area contributed by atoms with Gasteiger partial charge in [-0.2, -0.15) is 0 Å². The highest BCUT2D eigenvalue weighted by atomic mass is 32.1. The molecule has 0 saturated heterocycles. The third kappa shape index (κ3) is 4.06. The molecule has 2 aromatic heterocycles. The van der Waals surface area contributed by atoms with Crippen molar-refractivity contribution in [1.82, 2.24) is 9.88 Å². The number of amides is 1. The lowest BCUT2D eigenvalue weighted by molar-refractivity contribution is -0.131. The monoisotopic (exact) mass is 362 g/mol. The summed E-state index contributed by atoms with van der Waals surface area (Å²) in [5, 5.41) is 5.06. The number of aromatic nitrogens is 1. The summed E-state index contributed by atoms with van der Waals surface area (Å²) in [7, 11) is 1.85. The van der Waals surface area contributed by atoms with Gasteiger partial charge in [0.2, 0.25) is 0 Å². The second-order valence-electron chi connectivity index (χ2n) is 6.78. The number of thiophene rings is 1. The summed E-state index contributed by atoms with van der Waals surface area (Å²) in [5.41, 5.74) is 1.51. The summed E-state index contributed by atoms with van der Waals surface area (Å²) in [4.78, 5) is 25.2. The van der Waals surface area contributed by atoms with Gasteiger partial charge >= 0.3 is 5.97 Å². The van der Waals surface area contributed by atoms with E-state index in [9.17, 15) is 9.59 Å². The van der Waals surface area contributed by atoms with Crippen LogP contribution in [0.4, 0.5) is 0 Å². The summed E-state index contributed by atoms with van der Waals surface area (Å²) in [6.45, 7) is 2.07. The molecule has 3 rings (SSSR count). The highest BCUT2D eigenvalue weighted by Gasteiger charge is 2.27. The Morgan fingerprint density at radius 2 is 2.16 bits per heavy atom. The first kappa shape index (κ1) is 18.0. The number of carbonyl (C=O) groups excluding carboxylic acids is 2. The topological polar surface area (TPSA) is 60.3 Å². The Labute approximate surface area is 152 Å². The van der Waals surface area contributed by atoms with E-state index in [4.69, 9.17) is 4.74 Å². The maximum Gasteiger partial charge on any atom is 0.355 e. The van der Waals surface area contributed by atoms with Crippen LogP contribution < -0.4 is 5.32 Å². The standard InChI is InChI=1S/C19H26N2O3S/c1-3-4-9-16(18(22)20-13-7-5-6-8-13)24-19(23)15-12-17-14(21(15)2)10-11-25-17/h10-13,16H,3-9H2,1-2H3,(H,20,22)/t16-/m0/s1. The number of unbranched alkanes of at least 4 members (excludes halogenated alkanes) is 1. The van der Waals surface area contributed by atoms with Crippen molar-refractivity contribution in [3.8, 4) is 0 Å². The number of aryl methyl sites for hydroxylation is 1. The third-order valence-electron chi connectivity index (χ3n) is 4.94. The maximum absolute atomic E-state index is 12.6. The van der Waals surface area contributed by atoms with Crippen LogP contribution in [-0.2, 0) is 16.6 Å². The van der Waals surface area contributed by atoms with Crippen LogP contribution >= 0.6 is 11.3 Å². The number of nitrogens with one attached hydrogen (secondary N) is 1. The Morgan fingerprint density at radius 1 is 1.40 bits per heavy atom. The zero-order chi connectivity index (χ0) is 17.8. The number of fused-ring (bicyclic) bond motifs is 1. The van der Waals surface area contributed by atoms with Crippen LogP contribution in [0, 0.1) is 0 Å². The maximum atomic E-state index is 12.6. The van der Waals surface area contributed by atoms with E-state index in [-0.39, 0.29) is 11.9 Å². The number of nitrogens with zero attached hydrogens (tertiary/aromatic N) is 1. The van der Waals surface area contributed by atoms with E-state index in [0.29, 0.717) is 12.1 Å². The zero-order valence-electron chi connectivity index (χ0n) is 14.9. The Hall–Kier alpha value is -1.82. The van der Waals surface area contributed by atoms with E-state index in [0.717, 1.165) is 48.7 Å². The number of carbonyl (C=O) groups is 2. The van der Waals surface area contributed by atoms with E-state index in [1.165, 1.54) is 0 Å². The minimum atomic E-state index is -0.707. The van der Waals surface area contributed by atoms with Gasteiger partial charge in [0.15, 0.2) is 6.10 Å². The smallest absolute Gasteiger partial charge is 0.355 e. The van der Waals surface area contributed by atoms with Crippen molar-refractivity contribution >= 4 is 33.4 Å². The molecule has 0 aliphatic heterocycles. The third-order valence-corrected chi connectivity index (χ3v) is 5.79. The molecule has 2 aromatic rings. The predicted octanol–water partition coefficient (Wildman–Crippen LogP) is 4.01. The van der Waals surface area contributed by atoms with Crippen molar-refractivity contribution in [1.29, 1.82) is 0 Å². The number of hydrogen-bond donors (Lipinski definition) is 1. The molecule has 0 aromatic carbocycles. The SMILES string of the molecule is CCCC[C@H](OC(=O)c1cc2sccc2n1C)C(=O)NC1CCCC1. The first-order valence-corrected chi connectivity index (χ1v) is 10.0. The molecule has 1 aliphatic carbocycles. The van der Waals surface area contributed by atoms with Crippen LogP contribution in [0.5, 0.6) is 0 Å². The van der Waals surface area contributed by atoms with Crippen LogP contribution in [0.2, 0.25) is 0 Å². The Bertz CT molecular complexity index is 743. The van der Waals surface area contributed by atoms with E-state index in [1.54, 1.807) is 11.3 Å². The second kappa shape index (κ2) is 8.04. The molecule has 0 unspecified atom stereocenters. The van der Waals surface area contributed by atoms with E-state index in [2.05, 4.69) is 12.2 Å².